The van der Waals surface area contributed by atoms with E-state index in [1.807, 2.05) is 19.9 Å². The third-order valence-corrected chi connectivity index (χ3v) is 4.00. The zero-order chi connectivity index (χ0) is 15.6. The lowest BCUT2D eigenvalue weighted by molar-refractivity contribution is -0.149. The molecule has 1 aromatic carbocycles. The van der Waals surface area contributed by atoms with Crippen molar-refractivity contribution in [2.45, 2.75) is 33.7 Å². The number of carboxylic acids is 1. The van der Waals surface area contributed by atoms with Gasteiger partial charge in [0.15, 0.2) is 5.82 Å². The first kappa shape index (κ1) is 15.4. The molecule has 21 heavy (non-hydrogen) atoms. The molecule has 0 radical (unpaired) electrons. The van der Waals surface area contributed by atoms with Gasteiger partial charge in [0.2, 0.25) is 0 Å². The van der Waals surface area contributed by atoms with Crippen LogP contribution in [0.15, 0.2) is 18.2 Å². The Hall–Kier alpha value is -1.95. The van der Waals surface area contributed by atoms with Crippen molar-refractivity contribution in [3.63, 3.8) is 0 Å². The third-order valence-electron chi connectivity index (χ3n) is 3.77. The third kappa shape index (κ3) is 3.05. The number of aryl methyl sites for hydroxylation is 1. The van der Waals surface area contributed by atoms with Gasteiger partial charge in [0.1, 0.15) is 0 Å². The minimum atomic E-state index is -0.920. The van der Waals surface area contributed by atoms with Crippen LogP contribution < -0.4 is 0 Å². The SMILES string of the molecule is CCC(C)(Cn1nnnc1-c1cc(Cl)ccc1C)C(=O)O. The molecule has 112 valence electrons. The van der Waals surface area contributed by atoms with Crippen molar-refractivity contribution in [2.75, 3.05) is 0 Å². The van der Waals surface area contributed by atoms with Crippen LogP contribution in [0.25, 0.3) is 11.4 Å². The van der Waals surface area contributed by atoms with Gasteiger partial charge in [-0.3, -0.25) is 4.79 Å². The van der Waals surface area contributed by atoms with Crippen molar-refractivity contribution in [1.82, 2.24) is 20.2 Å². The van der Waals surface area contributed by atoms with Gasteiger partial charge in [0, 0.05) is 10.6 Å². The molecule has 7 heteroatoms. The average Bonchev–Trinajstić information content (AvgIpc) is 2.89. The van der Waals surface area contributed by atoms with Crippen LogP contribution >= 0.6 is 11.6 Å². The van der Waals surface area contributed by atoms with Gasteiger partial charge in [-0.25, -0.2) is 4.68 Å². The van der Waals surface area contributed by atoms with E-state index in [-0.39, 0.29) is 6.54 Å². The Morgan fingerprint density at radius 1 is 1.48 bits per heavy atom. The Morgan fingerprint density at radius 3 is 2.81 bits per heavy atom. The van der Waals surface area contributed by atoms with Crippen LogP contribution in [-0.2, 0) is 11.3 Å². The molecule has 0 fully saturated rings. The van der Waals surface area contributed by atoms with Crippen LogP contribution in [0.3, 0.4) is 0 Å². The number of tetrazole rings is 1. The monoisotopic (exact) mass is 308 g/mol. The molecule has 0 amide bonds. The van der Waals surface area contributed by atoms with E-state index >= 15 is 0 Å². The van der Waals surface area contributed by atoms with Crippen LogP contribution in [0.4, 0.5) is 0 Å². The molecule has 0 saturated heterocycles. The molecule has 0 aliphatic heterocycles. The number of carboxylic acid groups (broad SMARTS) is 1. The van der Waals surface area contributed by atoms with E-state index in [2.05, 4.69) is 15.5 Å². The first-order valence-electron chi connectivity index (χ1n) is 6.63. The van der Waals surface area contributed by atoms with Crippen molar-refractivity contribution in [1.29, 1.82) is 0 Å². The van der Waals surface area contributed by atoms with E-state index in [1.165, 1.54) is 4.68 Å². The molecule has 1 aromatic heterocycles. The number of aromatic nitrogens is 4. The van der Waals surface area contributed by atoms with Crippen LogP contribution in [0.1, 0.15) is 25.8 Å². The van der Waals surface area contributed by atoms with Gasteiger partial charge in [0.05, 0.1) is 12.0 Å². The summed E-state index contributed by atoms with van der Waals surface area (Å²) in [4.78, 5) is 11.4. The summed E-state index contributed by atoms with van der Waals surface area (Å²) in [5.41, 5.74) is 0.858. The van der Waals surface area contributed by atoms with Gasteiger partial charge in [-0.05, 0) is 48.4 Å². The second kappa shape index (κ2) is 5.81. The van der Waals surface area contributed by atoms with Crippen molar-refractivity contribution in [3.8, 4) is 11.4 Å². The Bertz CT molecular complexity index is 671. The molecular weight excluding hydrogens is 292 g/mol. The molecule has 0 saturated carbocycles. The zero-order valence-electron chi connectivity index (χ0n) is 12.2. The van der Waals surface area contributed by atoms with Gasteiger partial charge in [-0.1, -0.05) is 24.6 Å². The van der Waals surface area contributed by atoms with Crippen LogP contribution in [0, 0.1) is 12.3 Å². The van der Waals surface area contributed by atoms with Crippen molar-refractivity contribution in [3.05, 3.63) is 28.8 Å². The quantitative estimate of drug-likeness (QED) is 0.918. The molecule has 1 atom stereocenters. The summed E-state index contributed by atoms with van der Waals surface area (Å²) in [7, 11) is 0. The predicted octanol–water partition coefficient (Wildman–Crippen LogP) is 2.80. The molecule has 1 N–H and O–H groups in total. The topological polar surface area (TPSA) is 80.9 Å². The number of nitrogens with zero attached hydrogens (tertiary/aromatic N) is 4. The fraction of sp³-hybridized carbons (Fsp3) is 0.429. The van der Waals surface area contributed by atoms with Gasteiger partial charge < -0.3 is 5.11 Å². The van der Waals surface area contributed by atoms with Crippen molar-refractivity contribution >= 4 is 17.6 Å². The molecule has 1 heterocycles. The summed E-state index contributed by atoms with van der Waals surface area (Å²) in [6.07, 6.45) is 0.482. The normalized spacial score (nSPS) is 13.9. The number of hydrogen-bond acceptors (Lipinski definition) is 4. The minimum Gasteiger partial charge on any atom is -0.481 e. The molecule has 1 unspecified atom stereocenters. The lowest BCUT2D eigenvalue weighted by Crippen LogP contribution is -2.32. The molecule has 0 aliphatic carbocycles. The maximum absolute atomic E-state index is 11.4. The number of benzene rings is 1. The molecule has 0 bridgehead atoms. The van der Waals surface area contributed by atoms with Gasteiger partial charge in [-0.15, -0.1) is 5.10 Å². The number of carbonyl (C=O) groups is 1. The lowest BCUT2D eigenvalue weighted by atomic mass is 9.87. The van der Waals surface area contributed by atoms with Crippen LogP contribution in [0.5, 0.6) is 0 Å². The molecule has 2 rings (SSSR count). The number of rotatable bonds is 5. The lowest BCUT2D eigenvalue weighted by Gasteiger charge is -2.23. The second-order valence-electron chi connectivity index (χ2n) is 5.34. The Kier molecular flexibility index (Phi) is 4.27. The highest BCUT2D eigenvalue weighted by Gasteiger charge is 2.33. The highest BCUT2D eigenvalue weighted by Crippen LogP contribution is 2.28. The van der Waals surface area contributed by atoms with E-state index in [9.17, 15) is 9.90 Å². The molecule has 2 aromatic rings. The number of hydrogen-bond donors (Lipinski definition) is 1. The highest BCUT2D eigenvalue weighted by atomic mass is 35.5. The molecule has 6 nitrogen and oxygen atoms in total. The second-order valence-corrected chi connectivity index (χ2v) is 5.78. The Labute approximate surface area is 127 Å². The predicted molar refractivity (Wildman–Crippen MR) is 79.0 cm³/mol. The van der Waals surface area contributed by atoms with E-state index in [1.54, 1.807) is 19.1 Å². The molecular formula is C14H17ClN4O2. The summed E-state index contributed by atoms with van der Waals surface area (Å²) >= 11 is 6.02. The molecule has 0 spiro atoms. The van der Waals surface area contributed by atoms with Crippen LogP contribution in [0.2, 0.25) is 5.02 Å². The standard InChI is InChI=1S/C14H17ClN4O2/c1-4-14(3,13(20)21)8-19-12(16-17-18-19)11-7-10(15)6-5-9(11)2/h5-7H,4,8H2,1-3H3,(H,20,21). The van der Waals surface area contributed by atoms with E-state index in [4.69, 9.17) is 11.6 Å². The fourth-order valence-corrected chi connectivity index (χ4v) is 2.17. The summed E-state index contributed by atoms with van der Waals surface area (Å²) in [6, 6.07) is 5.46. The first-order valence-corrected chi connectivity index (χ1v) is 7.01. The molecule has 0 aliphatic rings. The minimum absolute atomic E-state index is 0.202. The van der Waals surface area contributed by atoms with Gasteiger partial charge in [-0.2, -0.15) is 0 Å². The first-order chi connectivity index (χ1) is 9.87. The van der Waals surface area contributed by atoms with E-state index in [0.29, 0.717) is 17.3 Å². The summed E-state index contributed by atoms with van der Waals surface area (Å²) in [6.45, 7) is 5.66. The zero-order valence-corrected chi connectivity index (χ0v) is 12.9. The van der Waals surface area contributed by atoms with E-state index in [0.717, 1.165) is 11.1 Å². The maximum Gasteiger partial charge on any atom is 0.311 e. The van der Waals surface area contributed by atoms with Gasteiger partial charge >= 0.3 is 5.97 Å². The average molecular weight is 309 g/mol. The highest BCUT2D eigenvalue weighted by molar-refractivity contribution is 6.30. The van der Waals surface area contributed by atoms with Gasteiger partial charge in [0.25, 0.3) is 0 Å². The smallest absolute Gasteiger partial charge is 0.311 e. The Morgan fingerprint density at radius 2 is 2.19 bits per heavy atom. The summed E-state index contributed by atoms with van der Waals surface area (Å²) in [5.74, 6) is -0.342. The number of aliphatic carboxylic acids is 1. The summed E-state index contributed by atoms with van der Waals surface area (Å²) < 4.78 is 1.52. The van der Waals surface area contributed by atoms with Crippen molar-refractivity contribution < 1.29 is 9.90 Å². The largest absolute Gasteiger partial charge is 0.481 e. The van der Waals surface area contributed by atoms with E-state index < -0.39 is 11.4 Å². The van der Waals surface area contributed by atoms with Crippen LogP contribution in [-0.4, -0.2) is 31.3 Å². The summed E-state index contributed by atoms with van der Waals surface area (Å²) in [5, 5.41) is 21.6. The Balaban J connectivity index is 2.44. The fourth-order valence-electron chi connectivity index (χ4n) is 2.00. The van der Waals surface area contributed by atoms with Crippen molar-refractivity contribution in [2.24, 2.45) is 5.41 Å². The maximum atomic E-state index is 11.4. The number of halogens is 1.